The van der Waals surface area contributed by atoms with E-state index in [1.807, 2.05) is 0 Å². The van der Waals surface area contributed by atoms with Gasteiger partial charge < -0.3 is 21.7 Å². The first-order valence-corrected chi connectivity index (χ1v) is 2.29. The summed E-state index contributed by atoms with van der Waals surface area (Å²) in [6.07, 6.45) is -1.83. The maximum atomic E-state index is 9.31. The zero-order valence-electron chi connectivity index (χ0n) is 5.83. The van der Waals surface area contributed by atoms with Crippen LogP contribution >= 0.6 is 0 Å². The van der Waals surface area contributed by atoms with Crippen molar-refractivity contribution in [3.05, 3.63) is 0 Å². The van der Waals surface area contributed by atoms with E-state index in [1.165, 1.54) is 13.8 Å². The Balaban J connectivity index is -0.0000000720. The van der Waals surface area contributed by atoms with Crippen LogP contribution in [0, 0.1) is 0 Å². The van der Waals surface area contributed by atoms with E-state index in [9.17, 15) is 10.2 Å². The Morgan fingerprint density at radius 2 is 1.00 bits per heavy atom. The molecule has 0 saturated heterocycles. The summed E-state index contributed by atoms with van der Waals surface area (Å²) in [4.78, 5) is 0. The van der Waals surface area contributed by atoms with Gasteiger partial charge in [0.1, 0.15) is 0 Å². The van der Waals surface area contributed by atoms with E-state index in [0.717, 1.165) is 0 Å². The molecule has 0 aliphatic rings. The summed E-state index contributed by atoms with van der Waals surface area (Å²) in [5.74, 6) is 0. The average Bonchev–Trinajstić information content (AvgIpc) is 1.25. The molecule has 0 amide bonds. The van der Waals surface area contributed by atoms with Gasteiger partial charge in [0.2, 0.25) is 0 Å². The van der Waals surface area contributed by atoms with Crippen molar-refractivity contribution in [3.63, 3.8) is 0 Å². The van der Waals surface area contributed by atoms with Gasteiger partial charge in [-0.05, 0) is 0 Å². The molecular formula is C4H12N2O2Sr. The number of hydrogen-bond acceptors (Lipinski definition) is 4. The molecule has 0 aromatic rings. The number of rotatable bonds is 0. The predicted octanol–water partition coefficient (Wildman–Crippen LogP) is -3.08. The zero-order chi connectivity index (χ0) is 7.15. The molecule has 5 heteroatoms. The number of hydrogen-bond donors (Lipinski definition) is 2. The van der Waals surface area contributed by atoms with Gasteiger partial charge >= 0.3 is 45.5 Å². The topological polar surface area (TPSA) is 98.2 Å². The van der Waals surface area contributed by atoms with Crippen LogP contribution in [-0.4, -0.2) is 57.9 Å². The van der Waals surface area contributed by atoms with Gasteiger partial charge in [-0.25, -0.2) is 0 Å². The van der Waals surface area contributed by atoms with E-state index in [2.05, 4.69) is 11.5 Å². The van der Waals surface area contributed by atoms with Crippen LogP contribution < -0.4 is 21.7 Å². The fraction of sp³-hybridized carbons (Fsp3) is 1.00. The minimum Gasteiger partial charge on any atom is -0.841 e. The summed E-state index contributed by atoms with van der Waals surface area (Å²) in [6, 6.07) is 0. The normalized spacial score (nSPS) is 14.0. The molecule has 0 radical (unpaired) electrons. The molecule has 0 fully saturated rings. The molecule has 0 aliphatic carbocycles. The fourth-order valence-corrected chi connectivity index (χ4v) is 0. The van der Waals surface area contributed by atoms with Crippen LogP contribution in [-0.2, 0) is 0 Å². The molecule has 0 aliphatic heterocycles. The molecule has 4 N–H and O–H groups in total. The third-order valence-corrected chi connectivity index (χ3v) is 0. The van der Waals surface area contributed by atoms with Crippen LogP contribution in [0.5, 0.6) is 0 Å². The zero-order valence-corrected chi connectivity index (χ0v) is 9.31. The molecule has 9 heavy (non-hydrogen) atoms. The molecular weight excluding hydrogens is 196 g/mol. The Morgan fingerprint density at radius 1 is 1.00 bits per heavy atom. The van der Waals surface area contributed by atoms with Gasteiger partial charge in [-0.3, -0.25) is 0 Å². The van der Waals surface area contributed by atoms with Gasteiger partial charge in [-0.1, -0.05) is 26.3 Å². The van der Waals surface area contributed by atoms with Gasteiger partial charge in [-0.2, -0.15) is 0 Å². The Labute approximate surface area is 92.5 Å². The number of nitrogens with two attached hydrogens (primary N) is 2. The van der Waals surface area contributed by atoms with E-state index in [0.29, 0.717) is 0 Å². The Kier molecular flexibility index (Phi) is 22.4. The third kappa shape index (κ3) is 286. The van der Waals surface area contributed by atoms with E-state index < -0.39 is 12.5 Å². The largest absolute Gasteiger partial charge is 2.00 e. The van der Waals surface area contributed by atoms with Crippen molar-refractivity contribution in [1.82, 2.24) is 0 Å². The van der Waals surface area contributed by atoms with E-state index in [1.54, 1.807) is 0 Å². The molecule has 52 valence electrons. The molecule has 4 nitrogen and oxygen atoms in total. The molecule has 0 spiro atoms. The predicted molar refractivity (Wildman–Crippen MR) is 33.1 cm³/mol. The first kappa shape index (κ1) is 16.7. The van der Waals surface area contributed by atoms with E-state index in [4.69, 9.17) is 0 Å². The van der Waals surface area contributed by atoms with Crippen molar-refractivity contribution in [1.29, 1.82) is 0 Å². The van der Waals surface area contributed by atoms with Gasteiger partial charge in [0, 0.05) is 0 Å². The van der Waals surface area contributed by atoms with Crippen LogP contribution in [0.4, 0.5) is 0 Å². The maximum absolute atomic E-state index is 9.31. The van der Waals surface area contributed by atoms with Gasteiger partial charge in [0.05, 0.1) is 0 Å². The Bertz CT molecular complexity index is 32.0. The molecule has 0 rings (SSSR count). The summed E-state index contributed by atoms with van der Waals surface area (Å²) in [5, 5.41) is 18.6. The van der Waals surface area contributed by atoms with Crippen LogP contribution in [0.3, 0.4) is 0 Å². The van der Waals surface area contributed by atoms with Gasteiger partial charge in [-0.15, -0.1) is 0 Å². The molecule has 0 aromatic heterocycles. The summed E-state index contributed by atoms with van der Waals surface area (Å²) in [7, 11) is 0. The van der Waals surface area contributed by atoms with Crippen molar-refractivity contribution in [3.8, 4) is 0 Å². The minimum absolute atomic E-state index is 0. The molecule has 2 atom stereocenters. The summed E-state index contributed by atoms with van der Waals surface area (Å²) < 4.78 is 0. The van der Waals surface area contributed by atoms with Gasteiger partial charge in [0.25, 0.3) is 0 Å². The third-order valence-electron chi connectivity index (χ3n) is 0. The fourth-order valence-electron chi connectivity index (χ4n) is 0. The van der Waals surface area contributed by atoms with Crippen LogP contribution in [0.1, 0.15) is 13.8 Å². The SMILES string of the molecule is CC(N)[O-].CC(N)[O-].[Sr+2]. The van der Waals surface area contributed by atoms with Gasteiger partial charge in [0.15, 0.2) is 0 Å². The van der Waals surface area contributed by atoms with Crippen molar-refractivity contribution in [2.75, 3.05) is 0 Å². The minimum atomic E-state index is -0.917. The second-order valence-electron chi connectivity index (χ2n) is 1.41. The first-order chi connectivity index (χ1) is 3.46. The standard InChI is InChI=1S/2C2H6NO.Sr/c2*1-2(3)4;/h2*2H,3H2,1H3;/q2*-1;+2. The Morgan fingerprint density at radius 3 is 1.00 bits per heavy atom. The molecule has 0 aromatic carbocycles. The first-order valence-electron chi connectivity index (χ1n) is 2.29. The Hall–Kier alpha value is 1.32. The van der Waals surface area contributed by atoms with Crippen LogP contribution in [0.2, 0.25) is 0 Å². The second kappa shape index (κ2) is 12.0. The van der Waals surface area contributed by atoms with Crippen molar-refractivity contribution in [2.45, 2.75) is 26.3 Å². The molecule has 0 heterocycles. The van der Waals surface area contributed by atoms with Crippen molar-refractivity contribution in [2.24, 2.45) is 11.5 Å². The van der Waals surface area contributed by atoms with E-state index in [-0.39, 0.29) is 45.5 Å². The summed E-state index contributed by atoms with van der Waals surface area (Å²) in [5.41, 5.74) is 9.11. The maximum Gasteiger partial charge on any atom is 2.00 e. The molecule has 2 unspecified atom stereocenters. The van der Waals surface area contributed by atoms with Crippen molar-refractivity contribution < 1.29 is 10.2 Å². The summed E-state index contributed by atoms with van der Waals surface area (Å²) >= 11 is 0. The van der Waals surface area contributed by atoms with Crippen molar-refractivity contribution >= 4 is 45.5 Å². The smallest absolute Gasteiger partial charge is 0.841 e. The summed E-state index contributed by atoms with van der Waals surface area (Å²) in [6.45, 7) is 2.78. The molecule has 0 bridgehead atoms. The quantitative estimate of drug-likeness (QED) is 0.325. The van der Waals surface area contributed by atoms with Crippen LogP contribution in [0.15, 0.2) is 0 Å². The van der Waals surface area contributed by atoms with Crippen LogP contribution in [0.25, 0.3) is 0 Å². The second-order valence-corrected chi connectivity index (χ2v) is 1.41. The average molecular weight is 208 g/mol. The van der Waals surface area contributed by atoms with E-state index >= 15 is 0 Å². The monoisotopic (exact) mass is 208 g/mol. The molecule has 0 saturated carbocycles.